The summed E-state index contributed by atoms with van der Waals surface area (Å²) in [5.41, 5.74) is 8.68. The van der Waals surface area contributed by atoms with Gasteiger partial charge in [-0.05, 0) is 23.3 Å². The lowest BCUT2D eigenvalue weighted by Gasteiger charge is -2.07. The predicted molar refractivity (Wildman–Crippen MR) is 69.6 cm³/mol. The molecule has 18 heavy (non-hydrogen) atoms. The van der Waals surface area contributed by atoms with Crippen LogP contribution in [0, 0.1) is 0 Å². The summed E-state index contributed by atoms with van der Waals surface area (Å²) in [6, 6.07) is 17.9. The van der Waals surface area contributed by atoms with Gasteiger partial charge in [-0.1, -0.05) is 42.5 Å². The monoisotopic (exact) mass is 241 g/mol. The molecule has 3 heteroatoms. The maximum absolute atomic E-state index is 5.67. The van der Waals surface area contributed by atoms with E-state index in [1.807, 2.05) is 42.5 Å². The molecule has 1 aliphatic heterocycles. The summed E-state index contributed by atoms with van der Waals surface area (Å²) in [7, 11) is 0. The first kappa shape index (κ1) is 11.3. The van der Waals surface area contributed by atoms with Gasteiger partial charge in [-0.2, -0.15) is 0 Å². The lowest BCUT2D eigenvalue weighted by molar-refractivity contribution is -0.300. The minimum absolute atomic E-state index is 0.00810. The average molecular weight is 241 g/mol. The molecule has 2 atom stereocenters. The molecule has 0 aliphatic carbocycles. The van der Waals surface area contributed by atoms with Crippen molar-refractivity contribution in [2.45, 2.75) is 18.6 Å². The molecular formula is C15H15NO2. The van der Waals surface area contributed by atoms with Crippen LogP contribution < -0.4 is 5.73 Å². The van der Waals surface area contributed by atoms with Crippen molar-refractivity contribution in [3.63, 3.8) is 0 Å². The molecule has 1 heterocycles. The molecule has 2 N–H and O–H groups in total. The Morgan fingerprint density at radius 1 is 0.778 bits per heavy atom. The van der Waals surface area contributed by atoms with Crippen molar-refractivity contribution in [2.75, 3.05) is 5.73 Å². The zero-order valence-corrected chi connectivity index (χ0v) is 9.95. The second-order valence-electron chi connectivity index (χ2n) is 4.48. The number of hydrogen-bond acceptors (Lipinski definition) is 3. The molecule has 92 valence electrons. The molecule has 0 unspecified atom stereocenters. The SMILES string of the molecule is Nc1ccc([C@@H]2C[C@H](c3ccccc3)OO2)cc1. The summed E-state index contributed by atoms with van der Waals surface area (Å²) in [5.74, 6) is 0. The Hall–Kier alpha value is -1.84. The van der Waals surface area contributed by atoms with Crippen LogP contribution in [0.2, 0.25) is 0 Å². The smallest absolute Gasteiger partial charge is 0.121 e. The Kier molecular flexibility index (Phi) is 3.00. The molecule has 2 aromatic rings. The molecular weight excluding hydrogens is 226 g/mol. The van der Waals surface area contributed by atoms with Crippen molar-refractivity contribution in [2.24, 2.45) is 0 Å². The number of hydrogen-bond donors (Lipinski definition) is 1. The Morgan fingerprint density at radius 2 is 1.33 bits per heavy atom. The van der Waals surface area contributed by atoms with Crippen molar-refractivity contribution in [3.05, 3.63) is 65.7 Å². The highest BCUT2D eigenvalue weighted by atomic mass is 17.2. The fourth-order valence-electron chi connectivity index (χ4n) is 2.17. The summed E-state index contributed by atoms with van der Waals surface area (Å²) < 4.78 is 0. The fraction of sp³-hybridized carbons (Fsp3) is 0.200. The van der Waals surface area contributed by atoms with Gasteiger partial charge in [0, 0.05) is 12.1 Å². The van der Waals surface area contributed by atoms with Gasteiger partial charge in [0.05, 0.1) is 0 Å². The van der Waals surface area contributed by atoms with E-state index >= 15 is 0 Å². The van der Waals surface area contributed by atoms with Crippen molar-refractivity contribution in [1.29, 1.82) is 0 Å². The number of rotatable bonds is 2. The van der Waals surface area contributed by atoms with Crippen LogP contribution >= 0.6 is 0 Å². The van der Waals surface area contributed by atoms with Gasteiger partial charge < -0.3 is 5.73 Å². The Labute approximate surface area is 106 Å². The molecule has 0 saturated carbocycles. The second-order valence-corrected chi connectivity index (χ2v) is 4.48. The van der Waals surface area contributed by atoms with Crippen molar-refractivity contribution in [3.8, 4) is 0 Å². The number of anilines is 1. The number of benzene rings is 2. The molecule has 1 aliphatic rings. The van der Waals surface area contributed by atoms with Gasteiger partial charge in [-0.3, -0.25) is 0 Å². The maximum atomic E-state index is 5.67. The third kappa shape index (κ3) is 2.23. The summed E-state index contributed by atoms with van der Waals surface area (Å²) in [4.78, 5) is 10.8. The van der Waals surface area contributed by atoms with Crippen LogP contribution in [0.4, 0.5) is 5.69 Å². The van der Waals surface area contributed by atoms with Gasteiger partial charge in [0.25, 0.3) is 0 Å². The largest absolute Gasteiger partial charge is 0.399 e. The second kappa shape index (κ2) is 4.80. The van der Waals surface area contributed by atoms with E-state index in [4.69, 9.17) is 15.5 Å². The number of nitrogen functional groups attached to an aromatic ring is 1. The Bertz CT molecular complexity index is 510. The molecule has 1 fully saturated rings. The Balaban J connectivity index is 1.74. The van der Waals surface area contributed by atoms with E-state index in [9.17, 15) is 0 Å². The van der Waals surface area contributed by atoms with E-state index in [1.165, 1.54) is 0 Å². The van der Waals surface area contributed by atoms with Crippen LogP contribution in [0.15, 0.2) is 54.6 Å². The molecule has 2 aromatic carbocycles. The topological polar surface area (TPSA) is 44.5 Å². The lowest BCUT2D eigenvalue weighted by atomic mass is 9.99. The van der Waals surface area contributed by atoms with Crippen LogP contribution in [-0.2, 0) is 9.78 Å². The van der Waals surface area contributed by atoms with Crippen LogP contribution in [0.5, 0.6) is 0 Å². The summed E-state index contributed by atoms with van der Waals surface area (Å²) in [6.45, 7) is 0. The van der Waals surface area contributed by atoms with Crippen molar-refractivity contribution < 1.29 is 9.78 Å². The first-order chi connectivity index (χ1) is 8.83. The molecule has 0 amide bonds. The Morgan fingerprint density at radius 3 is 1.94 bits per heavy atom. The van der Waals surface area contributed by atoms with Gasteiger partial charge in [0.15, 0.2) is 0 Å². The van der Waals surface area contributed by atoms with E-state index in [-0.39, 0.29) is 12.2 Å². The minimum Gasteiger partial charge on any atom is -0.399 e. The molecule has 3 rings (SSSR count). The van der Waals surface area contributed by atoms with Gasteiger partial charge in [-0.15, -0.1) is 0 Å². The van der Waals surface area contributed by atoms with Gasteiger partial charge >= 0.3 is 0 Å². The highest BCUT2D eigenvalue weighted by Gasteiger charge is 2.29. The standard InChI is InChI=1S/C15H15NO2/c16-13-8-6-12(7-9-13)15-10-14(17-18-15)11-4-2-1-3-5-11/h1-9,14-15H,10,16H2/t14-,15+/m1/s1. The van der Waals surface area contributed by atoms with Gasteiger partial charge in [0.1, 0.15) is 12.2 Å². The van der Waals surface area contributed by atoms with Gasteiger partial charge in [0.2, 0.25) is 0 Å². The predicted octanol–water partition coefficient (Wildman–Crippen LogP) is 3.40. The van der Waals surface area contributed by atoms with Crippen molar-refractivity contribution >= 4 is 5.69 Å². The summed E-state index contributed by atoms with van der Waals surface area (Å²) in [5, 5.41) is 0. The first-order valence-corrected chi connectivity index (χ1v) is 6.05. The third-order valence-electron chi connectivity index (χ3n) is 3.20. The molecule has 3 nitrogen and oxygen atoms in total. The van der Waals surface area contributed by atoms with Crippen LogP contribution in [0.25, 0.3) is 0 Å². The zero-order chi connectivity index (χ0) is 12.4. The highest BCUT2D eigenvalue weighted by Crippen LogP contribution is 2.39. The zero-order valence-electron chi connectivity index (χ0n) is 9.95. The highest BCUT2D eigenvalue weighted by molar-refractivity contribution is 5.40. The summed E-state index contributed by atoms with van der Waals surface area (Å²) in [6.07, 6.45) is 0.818. The van der Waals surface area contributed by atoms with Gasteiger partial charge in [-0.25, -0.2) is 9.78 Å². The van der Waals surface area contributed by atoms with E-state index in [2.05, 4.69) is 12.1 Å². The van der Waals surface area contributed by atoms with E-state index in [0.29, 0.717) is 0 Å². The van der Waals surface area contributed by atoms with Crippen LogP contribution in [-0.4, -0.2) is 0 Å². The normalized spacial score (nSPS) is 23.1. The quantitative estimate of drug-likeness (QED) is 0.647. The first-order valence-electron chi connectivity index (χ1n) is 6.05. The maximum Gasteiger partial charge on any atom is 0.121 e. The molecule has 0 bridgehead atoms. The molecule has 0 spiro atoms. The molecule has 1 saturated heterocycles. The molecule has 0 radical (unpaired) electrons. The van der Waals surface area contributed by atoms with E-state index in [1.54, 1.807) is 0 Å². The number of nitrogens with two attached hydrogens (primary N) is 1. The molecule has 0 aromatic heterocycles. The van der Waals surface area contributed by atoms with E-state index in [0.717, 1.165) is 23.2 Å². The average Bonchev–Trinajstić information content (AvgIpc) is 2.90. The lowest BCUT2D eigenvalue weighted by Crippen LogP contribution is -1.96. The van der Waals surface area contributed by atoms with E-state index < -0.39 is 0 Å². The summed E-state index contributed by atoms with van der Waals surface area (Å²) >= 11 is 0. The fourth-order valence-corrected chi connectivity index (χ4v) is 2.17. The van der Waals surface area contributed by atoms with Crippen LogP contribution in [0.1, 0.15) is 29.8 Å². The minimum atomic E-state index is -0.0178. The third-order valence-corrected chi connectivity index (χ3v) is 3.20. The van der Waals surface area contributed by atoms with Crippen molar-refractivity contribution in [1.82, 2.24) is 0 Å². The van der Waals surface area contributed by atoms with Crippen LogP contribution in [0.3, 0.4) is 0 Å².